The van der Waals surface area contributed by atoms with Crippen LogP contribution in [0.15, 0.2) is 72.8 Å². The van der Waals surface area contributed by atoms with Gasteiger partial charge in [0.05, 0.1) is 5.70 Å². The highest BCUT2D eigenvalue weighted by Gasteiger charge is 2.59. The minimum atomic E-state index is -4.79. The van der Waals surface area contributed by atoms with Crippen LogP contribution in [0.2, 0.25) is 15.1 Å². The van der Waals surface area contributed by atoms with Crippen LogP contribution in [-0.4, -0.2) is 12.1 Å². The Bertz CT molecular complexity index is 1240. The van der Waals surface area contributed by atoms with Gasteiger partial charge in [0.25, 0.3) is 5.91 Å². The van der Waals surface area contributed by atoms with Crippen LogP contribution in [0.3, 0.4) is 0 Å². The molecule has 0 aromatic heterocycles. The minimum absolute atomic E-state index is 0.0562. The van der Waals surface area contributed by atoms with Gasteiger partial charge in [-0.1, -0.05) is 65.1 Å². The molecule has 0 fully saturated rings. The van der Waals surface area contributed by atoms with Crippen molar-refractivity contribution in [2.45, 2.75) is 18.3 Å². The van der Waals surface area contributed by atoms with Gasteiger partial charge in [0.15, 0.2) is 0 Å². The molecule has 1 amide bonds. The summed E-state index contributed by atoms with van der Waals surface area (Å²) in [6, 6.07) is 16.8. The molecule has 0 aliphatic carbocycles. The van der Waals surface area contributed by atoms with Crippen LogP contribution in [0.4, 0.5) is 13.2 Å². The summed E-state index contributed by atoms with van der Waals surface area (Å²) in [5.41, 5.74) is 1.13. The second kappa shape index (κ2) is 9.50. The predicted molar refractivity (Wildman–Crippen MR) is 125 cm³/mol. The van der Waals surface area contributed by atoms with Gasteiger partial charge in [0, 0.05) is 32.7 Å². The normalized spacial score (nSPS) is 17.8. The zero-order valence-corrected chi connectivity index (χ0v) is 19.5. The van der Waals surface area contributed by atoms with Gasteiger partial charge < -0.3 is 5.32 Å². The van der Waals surface area contributed by atoms with Crippen molar-refractivity contribution in [1.29, 1.82) is 0 Å². The van der Waals surface area contributed by atoms with Crippen molar-refractivity contribution in [2.24, 2.45) is 0 Å². The predicted octanol–water partition coefficient (Wildman–Crippen LogP) is 6.91. The fourth-order valence-electron chi connectivity index (χ4n) is 3.47. The lowest BCUT2D eigenvalue weighted by Crippen LogP contribution is -2.42. The first-order valence-electron chi connectivity index (χ1n) is 9.91. The minimum Gasteiger partial charge on any atom is -0.348 e. The lowest BCUT2D eigenvalue weighted by Gasteiger charge is -2.28. The van der Waals surface area contributed by atoms with E-state index >= 15 is 0 Å². The van der Waals surface area contributed by atoms with Crippen molar-refractivity contribution < 1.29 is 22.8 Å². The largest absolute Gasteiger partial charge is 0.428 e. The van der Waals surface area contributed by atoms with E-state index in [-0.39, 0.29) is 33.8 Å². The van der Waals surface area contributed by atoms with E-state index in [4.69, 9.17) is 39.6 Å². The average Bonchev–Trinajstić information content (AvgIpc) is 3.24. The molecule has 0 saturated heterocycles. The van der Waals surface area contributed by atoms with Crippen LogP contribution in [0, 0.1) is 0 Å². The molecule has 0 spiro atoms. The third kappa shape index (κ3) is 5.03. The zero-order chi connectivity index (χ0) is 24.5. The van der Waals surface area contributed by atoms with Crippen molar-refractivity contribution >= 4 is 46.4 Å². The van der Waals surface area contributed by atoms with Crippen molar-refractivity contribution in [3.8, 4) is 0 Å². The lowest BCUT2D eigenvalue weighted by molar-refractivity contribution is -0.269. The van der Waals surface area contributed by atoms with E-state index in [1.807, 2.05) is 0 Å². The Labute approximate surface area is 208 Å². The number of amides is 1. The molecule has 1 atom stereocenters. The number of rotatable bonds is 5. The van der Waals surface area contributed by atoms with E-state index in [0.717, 1.165) is 23.8 Å². The van der Waals surface area contributed by atoms with Crippen LogP contribution >= 0.6 is 34.8 Å². The first-order valence-corrected chi connectivity index (χ1v) is 11.0. The fourth-order valence-corrected chi connectivity index (χ4v) is 4.19. The first kappa shape index (κ1) is 24.4. The Hall–Kier alpha value is -2.71. The lowest BCUT2D eigenvalue weighted by atomic mass is 9.91. The highest BCUT2D eigenvalue weighted by atomic mass is 35.5. The van der Waals surface area contributed by atoms with E-state index in [2.05, 4.69) is 10.8 Å². The molecule has 1 aliphatic rings. The van der Waals surface area contributed by atoms with E-state index < -0.39 is 11.8 Å². The van der Waals surface area contributed by atoms with Gasteiger partial charge in [0.1, 0.15) is 0 Å². The summed E-state index contributed by atoms with van der Waals surface area (Å²) >= 11 is 17.8. The van der Waals surface area contributed by atoms with Crippen LogP contribution < -0.4 is 10.8 Å². The summed E-state index contributed by atoms with van der Waals surface area (Å²) in [6.07, 6.45) is -3.84. The molecule has 1 unspecified atom stereocenters. The number of hydroxylamine groups is 1. The zero-order valence-electron chi connectivity index (χ0n) is 17.2. The highest BCUT2D eigenvalue weighted by molar-refractivity contribution is 6.34. The van der Waals surface area contributed by atoms with Gasteiger partial charge >= 0.3 is 6.18 Å². The molecule has 3 aromatic carbocycles. The van der Waals surface area contributed by atoms with E-state index in [1.165, 1.54) is 6.07 Å². The molecular formula is C24H16Cl3F3N2O2. The van der Waals surface area contributed by atoms with E-state index in [9.17, 15) is 18.0 Å². The van der Waals surface area contributed by atoms with Gasteiger partial charge in [0.2, 0.25) is 5.60 Å². The molecule has 2 N–H and O–H groups in total. The Kier molecular flexibility index (Phi) is 6.82. The van der Waals surface area contributed by atoms with Crippen molar-refractivity contribution in [2.75, 3.05) is 0 Å². The Morgan fingerprint density at radius 3 is 2.24 bits per heavy atom. The molecular weight excluding hydrogens is 512 g/mol. The van der Waals surface area contributed by atoms with Gasteiger partial charge in [-0.05, 0) is 53.6 Å². The molecule has 0 saturated carbocycles. The number of carbonyl (C=O) groups is 1. The summed E-state index contributed by atoms with van der Waals surface area (Å²) in [5.74, 6) is -0.296. The number of alkyl halides is 3. The number of benzene rings is 3. The second-order valence-electron chi connectivity index (χ2n) is 7.54. The average molecular weight is 528 g/mol. The molecule has 34 heavy (non-hydrogen) atoms. The molecule has 0 radical (unpaired) electrons. The molecule has 176 valence electrons. The second-order valence-corrected chi connectivity index (χ2v) is 8.85. The summed E-state index contributed by atoms with van der Waals surface area (Å²) in [7, 11) is 0. The Morgan fingerprint density at radius 1 is 0.941 bits per heavy atom. The highest BCUT2D eigenvalue weighted by Crippen LogP contribution is 2.48. The standard InChI is InChI=1S/C24H16Cl3F3N2O2/c25-18-3-1-2-16(8-18)22(33)31-13-14-4-6-15(7-5-14)21-12-23(34-32-21,24(28,29)30)17-9-19(26)11-20(27)10-17/h1-12,32H,13H2,(H,31,33). The van der Waals surface area contributed by atoms with Gasteiger partial charge in [-0.25, -0.2) is 0 Å². The summed E-state index contributed by atoms with van der Waals surface area (Å²) in [4.78, 5) is 17.3. The number of hydrogen-bond acceptors (Lipinski definition) is 3. The fraction of sp³-hybridized carbons (Fsp3) is 0.125. The topological polar surface area (TPSA) is 50.4 Å². The van der Waals surface area contributed by atoms with Crippen LogP contribution in [0.25, 0.3) is 5.70 Å². The van der Waals surface area contributed by atoms with Crippen molar-refractivity contribution in [3.05, 3.63) is 110 Å². The molecule has 4 rings (SSSR count). The molecule has 3 aromatic rings. The third-order valence-electron chi connectivity index (χ3n) is 5.19. The third-order valence-corrected chi connectivity index (χ3v) is 5.86. The van der Waals surface area contributed by atoms with Crippen LogP contribution in [-0.2, 0) is 17.0 Å². The maximum Gasteiger partial charge on any atom is 0.428 e. The Balaban J connectivity index is 1.53. The van der Waals surface area contributed by atoms with Gasteiger partial charge in [-0.2, -0.15) is 13.2 Å². The van der Waals surface area contributed by atoms with Crippen molar-refractivity contribution in [3.63, 3.8) is 0 Å². The molecule has 4 nitrogen and oxygen atoms in total. The van der Waals surface area contributed by atoms with Crippen LogP contribution in [0.1, 0.15) is 27.0 Å². The molecule has 10 heteroatoms. The smallest absolute Gasteiger partial charge is 0.348 e. The SMILES string of the molecule is O=C(NCc1ccc(C2=CC(c3cc(Cl)cc(Cl)c3)(C(F)(F)F)ON2)cc1)c1cccc(Cl)c1. The van der Waals surface area contributed by atoms with E-state index in [1.54, 1.807) is 48.5 Å². The summed E-state index contributed by atoms with van der Waals surface area (Å²) in [6.45, 7) is 0.224. The Morgan fingerprint density at radius 2 is 1.62 bits per heavy atom. The number of nitrogens with one attached hydrogen (secondary N) is 2. The number of carbonyl (C=O) groups excluding carboxylic acids is 1. The molecule has 1 aliphatic heterocycles. The molecule has 0 bridgehead atoms. The maximum absolute atomic E-state index is 14.1. The number of halogens is 6. The van der Waals surface area contributed by atoms with E-state index in [0.29, 0.717) is 16.1 Å². The first-order chi connectivity index (χ1) is 16.1. The monoisotopic (exact) mass is 526 g/mol. The maximum atomic E-state index is 14.1. The quantitative estimate of drug-likeness (QED) is 0.379. The summed E-state index contributed by atoms with van der Waals surface area (Å²) in [5, 5.41) is 3.33. The number of hydrogen-bond donors (Lipinski definition) is 2. The summed E-state index contributed by atoms with van der Waals surface area (Å²) < 4.78 is 42.3. The van der Waals surface area contributed by atoms with Crippen LogP contribution in [0.5, 0.6) is 0 Å². The van der Waals surface area contributed by atoms with Crippen molar-refractivity contribution in [1.82, 2.24) is 10.8 Å². The molecule has 1 heterocycles. The van der Waals surface area contributed by atoms with Gasteiger partial charge in [-0.3, -0.25) is 15.1 Å². The van der Waals surface area contributed by atoms with Gasteiger partial charge in [-0.15, -0.1) is 0 Å².